The summed E-state index contributed by atoms with van der Waals surface area (Å²) < 4.78 is 7.24. The lowest BCUT2D eigenvalue weighted by Gasteiger charge is -2.37. The van der Waals surface area contributed by atoms with Crippen LogP contribution in [0.2, 0.25) is 0 Å². The molecule has 1 aliphatic rings. The molecule has 0 radical (unpaired) electrons. The van der Waals surface area contributed by atoms with Crippen LogP contribution in [0.25, 0.3) is 0 Å². The Kier molecular flexibility index (Phi) is 2.17. The Morgan fingerprint density at radius 3 is 2.18 bits per heavy atom. The van der Waals surface area contributed by atoms with Gasteiger partial charge >= 0.3 is 0 Å². The third kappa shape index (κ3) is 2.48. The molecule has 0 unspecified atom stereocenters. The molecule has 1 fully saturated rings. The van der Waals surface area contributed by atoms with E-state index >= 15 is 0 Å². The lowest BCUT2D eigenvalue weighted by molar-refractivity contribution is 0.129. The third-order valence-corrected chi connectivity index (χ3v) is 2.81. The van der Waals surface area contributed by atoms with E-state index in [1.54, 1.807) is 0 Å². The van der Waals surface area contributed by atoms with Crippen LogP contribution in [0.4, 0.5) is 0 Å². The van der Waals surface area contributed by atoms with Crippen LogP contribution < -0.4 is 0 Å². The molecule has 11 heavy (non-hydrogen) atoms. The molecule has 0 spiro atoms. The van der Waals surface area contributed by atoms with Crippen molar-refractivity contribution < 1.29 is 1.37 Å². The van der Waals surface area contributed by atoms with Crippen LogP contribution in [0.5, 0.6) is 0 Å². The first kappa shape index (κ1) is 7.60. The normalized spacial score (nSPS) is 25.2. The van der Waals surface area contributed by atoms with Gasteiger partial charge in [-0.25, -0.2) is 0 Å². The second-order valence-corrected chi connectivity index (χ2v) is 4.76. The van der Waals surface area contributed by atoms with Gasteiger partial charge in [0.05, 0.1) is 0 Å². The van der Waals surface area contributed by atoms with Crippen molar-refractivity contribution in [3.8, 4) is 0 Å². The number of rotatable bonds is 0. The van der Waals surface area contributed by atoms with Gasteiger partial charge in [-0.2, -0.15) is 0 Å². The molecule has 0 aromatic carbocycles. The highest BCUT2D eigenvalue weighted by atomic mass is 15.1. The van der Waals surface area contributed by atoms with Crippen LogP contribution in [-0.4, -0.2) is 25.0 Å². The maximum atomic E-state index is 7.24. The first-order chi connectivity index (χ1) is 5.54. The minimum absolute atomic E-state index is 0.466. The van der Waals surface area contributed by atoms with Crippen molar-refractivity contribution in [2.24, 2.45) is 11.3 Å². The van der Waals surface area contributed by atoms with E-state index in [0.717, 1.165) is 19.0 Å². The molecule has 0 aliphatic carbocycles. The standard InChI is InChI=1S/C10H21N/c1-10(2,3)9-5-7-11(4)8-6-9/h9H,5-8H2,1-4H3/i4T. The number of nitrogens with zero attached hydrogens (tertiary/aromatic N) is 1. The number of hydrogen-bond donors (Lipinski definition) is 0. The monoisotopic (exact) mass is 157 g/mol. The number of hydrogen-bond acceptors (Lipinski definition) is 1. The highest BCUT2D eigenvalue weighted by Crippen LogP contribution is 2.33. The zero-order valence-electron chi connectivity index (χ0n) is 9.06. The topological polar surface area (TPSA) is 3.24 Å². The highest BCUT2D eigenvalue weighted by molar-refractivity contribution is 4.79. The Balaban J connectivity index is 2.36. The SMILES string of the molecule is [3H]CN1CCC(C(C)(C)C)CC1. The van der Waals surface area contributed by atoms with Crippen LogP contribution in [0.3, 0.4) is 0 Å². The third-order valence-electron chi connectivity index (χ3n) is 2.81. The smallest absolute Gasteiger partial charge is 0.0394 e. The van der Waals surface area contributed by atoms with E-state index in [9.17, 15) is 0 Å². The van der Waals surface area contributed by atoms with E-state index in [1.165, 1.54) is 12.8 Å². The molecular weight excluding hydrogens is 134 g/mol. The van der Waals surface area contributed by atoms with Crippen molar-refractivity contribution in [1.82, 2.24) is 4.90 Å². The maximum Gasteiger partial charge on any atom is 0.0394 e. The molecule has 1 heteroatoms. The van der Waals surface area contributed by atoms with E-state index in [0.29, 0.717) is 12.4 Å². The van der Waals surface area contributed by atoms with Gasteiger partial charge < -0.3 is 4.90 Å². The summed E-state index contributed by atoms with van der Waals surface area (Å²) in [5.41, 5.74) is 0.466. The molecule has 1 nitrogen and oxygen atoms in total. The number of likely N-dealkylation sites (tertiary alicyclic amines) is 1. The summed E-state index contributed by atoms with van der Waals surface area (Å²) >= 11 is 0. The minimum atomic E-state index is 0.466. The van der Waals surface area contributed by atoms with Crippen LogP contribution in [0, 0.1) is 11.3 Å². The first-order valence-electron chi connectivity index (χ1n) is 5.26. The number of piperidine rings is 1. The van der Waals surface area contributed by atoms with E-state index < -0.39 is 0 Å². The Hall–Kier alpha value is -0.0400. The fourth-order valence-electron chi connectivity index (χ4n) is 1.80. The molecule has 0 bridgehead atoms. The zero-order chi connectivity index (χ0) is 9.19. The summed E-state index contributed by atoms with van der Waals surface area (Å²) in [5, 5.41) is 0. The van der Waals surface area contributed by atoms with Gasteiger partial charge in [0.2, 0.25) is 0 Å². The molecule has 66 valence electrons. The molecule has 0 aromatic heterocycles. The molecule has 1 saturated heterocycles. The summed E-state index contributed by atoms with van der Waals surface area (Å²) in [6.45, 7) is 9.24. The molecule has 0 N–H and O–H groups in total. The van der Waals surface area contributed by atoms with E-state index in [1.807, 2.05) is 0 Å². The van der Waals surface area contributed by atoms with Crippen molar-refractivity contribution in [2.75, 3.05) is 20.1 Å². The van der Waals surface area contributed by atoms with Crippen molar-refractivity contribution in [3.05, 3.63) is 0 Å². The fraction of sp³-hybridized carbons (Fsp3) is 1.00. The molecule has 0 saturated carbocycles. The van der Waals surface area contributed by atoms with Gasteiger partial charge in [0, 0.05) is 1.37 Å². The molecule has 1 aliphatic heterocycles. The average molecular weight is 157 g/mol. The van der Waals surface area contributed by atoms with Crippen molar-refractivity contribution >= 4 is 0 Å². The summed E-state index contributed by atoms with van der Waals surface area (Å²) in [5.74, 6) is 0.861. The van der Waals surface area contributed by atoms with Crippen LogP contribution >= 0.6 is 0 Å². The summed E-state index contributed by atoms with van der Waals surface area (Å²) in [4.78, 5) is 2.22. The van der Waals surface area contributed by atoms with E-state index in [4.69, 9.17) is 1.37 Å². The van der Waals surface area contributed by atoms with Crippen molar-refractivity contribution in [3.63, 3.8) is 0 Å². The highest BCUT2D eigenvalue weighted by Gasteiger charge is 2.27. The molecular formula is C10H21N. The van der Waals surface area contributed by atoms with Gasteiger partial charge in [0.1, 0.15) is 0 Å². The summed E-state index contributed by atoms with van der Waals surface area (Å²) in [6, 6.07) is 0. The lowest BCUT2D eigenvalue weighted by atomic mass is 9.75. The van der Waals surface area contributed by atoms with Crippen LogP contribution in [-0.2, 0) is 0 Å². The van der Waals surface area contributed by atoms with E-state index in [-0.39, 0.29) is 0 Å². The Bertz CT molecular complexity index is 131. The van der Waals surface area contributed by atoms with Gasteiger partial charge in [-0.05, 0) is 44.3 Å². The van der Waals surface area contributed by atoms with Crippen molar-refractivity contribution in [1.29, 1.82) is 0 Å². The fourth-order valence-corrected chi connectivity index (χ4v) is 1.80. The predicted molar refractivity (Wildman–Crippen MR) is 49.7 cm³/mol. The second-order valence-electron chi connectivity index (χ2n) is 4.76. The Morgan fingerprint density at radius 1 is 1.27 bits per heavy atom. The van der Waals surface area contributed by atoms with Gasteiger partial charge in [-0.1, -0.05) is 20.8 Å². The maximum absolute atomic E-state index is 7.24. The Labute approximate surface area is 72.2 Å². The van der Waals surface area contributed by atoms with E-state index in [2.05, 4.69) is 25.7 Å². The van der Waals surface area contributed by atoms with Crippen molar-refractivity contribution in [2.45, 2.75) is 33.6 Å². The lowest BCUT2D eigenvalue weighted by Crippen LogP contribution is -2.35. The van der Waals surface area contributed by atoms with Gasteiger partial charge in [-0.3, -0.25) is 0 Å². The van der Waals surface area contributed by atoms with Crippen LogP contribution in [0.15, 0.2) is 0 Å². The minimum Gasteiger partial charge on any atom is -0.306 e. The second kappa shape index (κ2) is 3.14. The van der Waals surface area contributed by atoms with Gasteiger partial charge in [0.15, 0.2) is 0 Å². The molecule has 0 aromatic rings. The average Bonchev–Trinajstić information content (AvgIpc) is 2.03. The summed E-state index contributed by atoms with van der Waals surface area (Å²) in [6.07, 6.45) is 2.56. The quantitative estimate of drug-likeness (QED) is 0.522. The zero-order valence-corrected chi connectivity index (χ0v) is 8.06. The summed E-state index contributed by atoms with van der Waals surface area (Å²) in [7, 11) is 0.483. The molecule has 0 atom stereocenters. The van der Waals surface area contributed by atoms with Gasteiger partial charge in [-0.15, -0.1) is 0 Å². The van der Waals surface area contributed by atoms with Gasteiger partial charge in [0.25, 0.3) is 0 Å². The first-order valence-corrected chi connectivity index (χ1v) is 4.55. The molecule has 1 rings (SSSR count). The predicted octanol–water partition coefficient (Wildman–Crippen LogP) is 2.37. The molecule has 1 heterocycles. The largest absolute Gasteiger partial charge is 0.306 e. The molecule has 0 amide bonds. The van der Waals surface area contributed by atoms with Crippen LogP contribution in [0.1, 0.15) is 35.0 Å². The Morgan fingerprint density at radius 2 is 1.82 bits per heavy atom.